The smallest absolute Gasteiger partial charge is 0.133 e. The van der Waals surface area contributed by atoms with E-state index in [9.17, 15) is 4.39 Å². The van der Waals surface area contributed by atoms with Crippen LogP contribution >= 0.6 is 11.3 Å². The number of nitrogens with zero attached hydrogens (tertiary/aromatic N) is 1. The number of hydrogen-bond donors (Lipinski definition) is 1. The summed E-state index contributed by atoms with van der Waals surface area (Å²) in [6, 6.07) is 5.24. The van der Waals surface area contributed by atoms with E-state index in [4.69, 9.17) is 4.98 Å². The van der Waals surface area contributed by atoms with Crippen molar-refractivity contribution >= 4 is 11.3 Å². The van der Waals surface area contributed by atoms with Crippen LogP contribution in [0.2, 0.25) is 0 Å². The maximum absolute atomic E-state index is 14.0. The lowest BCUT2D eigenvalue weighted by atomic mass is 9.91. The molecule has 1 N–H and O–H groups in total. The molecule has 4 heteroatoms. The lowest BCUT2D eigenvalue weighted by Crippen LogP contribution is -2.20. The molecule has 2 nitrogen and oxygen atoms in total. The number of benzene rings is 1. The van der Waals surface area contributed by atoms with E-state index in [2.05, 4.69) is 5.32 Å². The highest BCUT2D eigenvalue weighted by molar-refractivity contribution is 7.15. The maximum atomic E-state index is 14.0. The zero-order chi connectivity index (χ0) is 14.1. The molecule has 0 radical (unpaired) electrons. The molecule has 1 aliphatic carbocycles. The second-order valence-corrected chi connectivity index (χ2v) is 6.54. The first-order valence-corrected chi connectivity index (χ1v) is 7.91. The minimum atomic E-state index is -0.174. The SMILES string of the molecule is CNCC1CCCc2sc(-c3cc(C)ccc3F)nc21. The van der Waals surface area contributed by atoms with Crippen LogP contribution in [0.3, 0.4) is 0 Å². The molecule has 1 atom stereocenters. The van der Waals surface area contributed by atoms with Gasteiger partial charge in [-0.15, -0.1) is 11.3 Å². The Hall–Kier alpha value is -1.26. The van der Waals surface area contributed by atoms with E-state index in [0.717, 1.165) is 23.5 Å². The van der Waals surface area contributed by atoms with Crippen molar-refractivity contribution in [3.63, 3.8) is 0 Å². The van der Waals surface area contributed by atoms with E-state index in [1.165, 1.54) is 29.5 Å². The summed E-state index contributed by atoms with van der Waals surface area (Å²) in [6.07, 6.45) is 3.46. The zero-order valence-electron chi connectivity index (χ0n) is 11.9. The molecule has 2 aromatic rings. The number of hydrogen-bond acceptors (Lipinski definition) is 3. The molecule has 1 aromatic carbocycles. The Morgan fingerprint density at radius 3 is 3.10 bits per heavy atom. The lowest BCUT2D eigenvalue weighted by Gasteiger charge is -2.20. The molecule has 1 heterocycles. The molecule has 0 spiro atoms. The van der Waals surface area contributed by atoms with Crippen molar-refractivity contribution in [2.45, 2.75) is 32.1 Å². The van der Waals surface area contributed by atoms with Gasteiger partial charge in [0.15, 0.2) is 0 Å². The zero-order valence-corrected chi connectivity index (χ0v) is 12.7. The Balaban J connectivity index is 2.02. The summed E-state index contributed by atoms with van der Waals surface area (Å²) in [5.41, 5.74) is 2.90. The fourth-order valence-corrected chi connectivity index (χ4v) is 4.08. The predicted octanol–water partition coefficient (Wildman–Crippen LogP) is 3.90. The number of thiazole rings is 1. The van der Waals surface area contributed by atoms with E-state index in [1.807, 2.05) is 20.0 Å². The Morgan fingerprint density at radius 2 is 2.30 bits per heavy atom. The first kappa shape index (κ1) is 13.7. The Morgan fingerprint density at radius 1 is 1.45 bits per heavy atom. The molecular weight excluding hydrogens is 271 g/mol. The Bertz CT molecular complexity index is 621. The minimum absolute atomic E-state index is 0.174. The number of nitrogens with one attached hydrogen (secondary N) is 1. The summed E-state index contributed by atoms with van der Waals surface area (Å²) < 4.78 is 14.0. The topological polar surface area (TPSA) is 24.9 Å². The molecule has 106 valence electrons. The molecule has 1 aliphatic rings. The summed E-state index contributed by atoms with van der Waals surface area (Å²) in [7, 11) is 1.97. The van der Waals surface area contributed by atoms with Crippen molar-refractivity contribution in [1.82, 2.24) is 10.3 Å². The largest absolute Gasteiger partial charge is 0.319 e. The van der Waals surface area contributed by atoms with Crippen LogP contribution in [0.5, 0.6) is 0 Å². The van der Waals surface area contributed by atoms with Crippen LogP contribution in [0.25, 0.3) is 10.6 Å². The molecule has 0 saturated heterocycles. The first-order valence-electron chi connectivity index (χ1n) is 7.09. The van der Waals surface area contributed by atoms with Crippen molar-refractivity contribution in [2.24, 2.45) is 0 Å². The number of fused-ring (bicyclic) bond motifs is 1. The third-order valence-electron chi connectivity index (χ3n) is 3.87. The highest BCUT2D eigenvalue weighted by Gasteiger charge is 2.25. The molecule has 0 fully saturated rings. The van der Waals surface area contributed by atoms with Gasteiger partial charge in [0, 0.05) is 22.9 Å². The molecule has 3 rings (SSSR count). The van der Waals surface area contributed by atoms with Gasteiger partial charge in [-0.05, 0) is 45.4 Å². The van der Waals surface area contributed by atoms with Gasteiger partial charge in [0.1, 0.15) is 10.8 Å². The van der Waals surface area contributed by atoms with Crippen molar-refractivity contribution in [3.8, 4) is 10.6 Å². The third kappa shape index (κ3) is 2.50. The fourth-order valence-electron chi connectivity index (χ4n) is 2.87. The molecule has 1 aromatic heterocycles. The fraction of sp³-hybridized carbons (Fsp3) is 0.438. The predicted molar refractivity (Wildman–Crippen MR) is 81.9 cm³/mol. The second-order valence-electron chi connectivity index (χ2n) is 5.46. The summed E-state index contributed by atoms with van der Waals surface area (Å²) in [5, 5.41) is 4.07. The summed E-state index contributed by atoms with van der Waals surface area (Å²) in [6.45, 7) is 2.94. The highest BCUT2D eigenvalue weighted by atomic mass is 32.1. The Labute approximate surface area is 123 Å². The van der Waals surface area contributed by atoms with Crippen molar-refractivity contribution in [1.29, 1.82) is 0 Å². The van der Waals surface area contributed by atoms with Crippen LogP contribution in [0.15, 0.2) is 18.2 Å². The second kappa shape index (κ2) is 5.62. The van der Waals surface area contributed by atoms with E-state index >= 15 is 0 Å². The summed E-state index contributed by atoms with van der Waals surface area (Å²) in [4.78, 5) is 6.10. The van der Waals surface area contributed by atoms with Crippen LogP contribution in [0.1, 0.15) is 34.9 Å². The van der Waals surface area contributed by atoms with Crippen molar-refractivity contribution in [3.05, 3.63) is 40.2 Å². The van der Waals surface area contributed by atoms with Crippen molar-refractivity contribution in [2.75, 3.05) is 13.6 Å². The van der Waals surface area contributed by atoms with Gasteiger partial charge in [0.2, 0.25) is 0 Å². The van der Waals surface area contributed by atoms with Crippen LogP contribution in [-0.2, 0) is 6.42 Å². The van der Waals surface area contributed by atoms with Crippen LogP contribution in [-0.4, -0.2) is 18.6 Å². The van der Waals surface area contributed by atoms with Gasteiger partial charge in [-0.2, -0.15) is 0 Å². The van der Waals surface area contributed by atoms with Gasteiger partial charge in [-0.25, -0.2) is 9.37 Å². The molecule has 1 unspecified atom stereocenters. The van der Waals surface area contributed by atoms with E-state index in [0.29, 0.717) is 11.5 Å². The molecule has 0 aliphatic heterocycles. The van der Waals surface area contributed by atoms with Crippen LogP contribution < -0.4 is 5.32 Å². The molecular formula is C16H19FN2S. The van der Waals surface area contributed by atoms with Crippen LogP contribution in [0.4, 0.5) is 4.39 Å². The van der Waals surface area contributed by atoms with E-state index in [-0.39, 0.29) is 5.82 Å². The number of halogens is 1. The molecule has 0 bridgehead atoms. The molecule has 0 amide bonds. The number of aryl methyl sites for hydroxylation is 2. The van der Waals surface area contributed by atoms with Crippen LogP contribution in [0, 0.1) is 12.7 Å². The average Bonchev–Trinajstić information content (AvgIpc) is 2.87. The average molecular weight is 290 g/mol. The third-order valence-corrected chi connectivity index (χ3v) is 5.04. The summed E-state index contributed by atoms with van der Waals surface area (Å²) in [5.74, 6) is 0.300. The first-order chi connectivity index (χ1) is 9.69. The standard InChI is InChI=1S/C16H19FN2S/c1-10-6-7-13(17)12(8-10)16-19-15-11(9-18-2)4-3-5-14(15)20-16/h6-8,11,18H,3-5,9H2,1-2H3. The molecule has 20 heavy (non-hydrogen) atoms. The van der Waals surface area contributed by atoms with Crippen molar-refractivity contribution < 1.29 is 4.39 Å². The number of aromatic nitrogens is 1. The minimum Gasteiger partial charge on any atom is -0.319 e. The number of rotatable bonds is 3. The van der Waals surface area contributed by atoms with Gasteiger partial charge in [-0.1, -0.05) is 11.6 Å². The van der Waals surface area contributed by atoms with E-state index in [1.54, 1.807) is 17.4 Å². The normalized spacial score (nSPS) is 18.1. The lowest BCUT2D eigenvalue weighted by molar-refractivity contribution is 0.523. The van der Waals surface area contributed by atoms with Gasteiger partial charge in [-0.3, -0.25) is 0 Å². The maximum Gasteiger partial charge on any atom is 0.133 e. The van der Waals surface area contributed by atoms with E-state index < -0.39 is 0 Å². The Kier molecular flexibility index (Phi) is 3.85. The quantitative estimate of drug-likeness (QED) is 0.927. The highest BCUT2D eigenvalue weighted by Crippen LogP contribution is 2.38. The monoisotopic (exact) mass is 290 g/mol. The van der Waals surface area contributed by atoms with Gasteiger partial charge in [0.25, 0.3) is 0 Å². The molecule has 0 saturated carbocycles. The summed E-state index contributed by atoms with van der Waals surface area (Å²) >= 11 is 1.66. The van der Waals surface area contributed by atoms with Gasteiger partial charge >= 0.3 is 0 Å². The van der Waals surface area contributed by atoms with Gasteiger partial charge in [0.05, 0.1) is 5.69 Å². The van der Waals surface area contributed by atoms with Gasteiger partial charge < -0.3 is 5.32 Å². The number of likely N-dealkylation sites (N-methyl/N-ethyl adjacent to an activating group) is 1.